The number of hydrogen-bond acceptors (Lipinski definition) is 6. The van der Waals surface area contributed by atoms with Crippen LogP contribution in [0.15, 0.2) is 30.0 Å². The fraction of sp³-hybridized carbons (Fsp3) is 0.545. The molecule has 5 rings (SSSR count). The van der Waals surface area contributed by atoms with E-state index >= 15 is 0 Å². The van der Waals surface area contributed by atoms with Gasteiger partial charge in [-0.2, -0.15) is 0 Å². The maximum atomic E-state index is 13.3. The average Bonchev–Trinajstić information content (AvgIpc) is 3.34. The van der Waals surface area contributed by atoms with Crippen LogP contribution in [0.1, 0.15) is 31.2 Å². The number of morpholine rings is 1. The van der Waals surface area contributed by atoms with Crippen LogP contribution in [0, 0.1) is 11.8 Å². The van der Waals surface area contributed by atoms with Gasteiger partial charge in [0, 0.05) is 31.1 Å². The Morgan fingerprint density at radius 3 is 2.72 bits per heavy atom. The zero-order valence-corrected chi connectivity index (χ0v) is 16.5. The first-order valence-electron chi connectivity index (χ1n) is 10.5. The lowest BCUT2D eigenvalue weighted by Gasteiger charge is -2.38. The zero-order chi connectivity index (χ0) is 19.8. The molecule has 1 aliphatic carbocycles. The normalized spacial score (nSPS) is 26.8. The van der Waals surface area contributed by atoms with Gasteiger partial charge in [0.05, 0.1) is 25.7 Å². The number of amides is 2. The number of hydrogen-bond donors (Lipinski definition) is 0. The molecule has 0 unspecified atom stereocenters. The molecule has 2 saturated heterocycles. The molecule has 0 aromatic heterocycles. The summed E-state index contributed by atoms with van der Waals surface area (Å²) in [5.41, 5.74) is 2.12. The summed E-state index contributed by atoms with van der Waals surface area (Å²) >= 11 is 0. The topological polar surface area (TPSA) is 68.3 Å². The number of nitrogens with zero attached hydrogens (tertiary/aromatic N) is 2. The molecule has 2 fully saturated rings. The monoisotopic (exact) mass is 398 g/mol. The highest BCUT2D eigenvalue weighted by Crippen LogP contribution is 2.40. The molecule has 3 heterocycles. The van der Waals surface area contributed by atoms with E-state index in [1.54, 1.807) is 0 Å². The van der Waals surface area contributed by atoms with Gasteiger partial charge in [-0.25, -0.2) is 0 Å². The van der Waals surface area contributed by atoms with E-state index in [9.17, 15) is 9.59 Å². The second-order valence-corrected chi connectivity index (χ2v) is 8.08. The third-order valence-electron chi connectivity index (χ3n) is 6.37. The second kappa shape index (κ2) is 7.71. The first kappa shape index (κ1) is 18.5. The Balaban J connectivity index is 1.33. The largest absolute Gasteiger partial charge is 0.454 e. The van der Waals surface area contributed by atoms with Crippen LogP contribution < -0.4 is 9.47 Å². The fourth-order valence-electron chi connectivity index (χ4n) is 4.89. The van der Waals surface area contributed by atoms with Gasteiger partial charge in [-0.15, -0.1) is 0 Å². The van der Waals surface area contributed by atoms with Crippen LogP contribution in [0.4, 0.5) is 0 Å². The third kappa shape index (κ3) is 3.48. The SMILES string of the molecule is O=C1C[C@@H]([C@H]2CCCC=C2N2CCOCC2)C(=O)N1Cc1ccc2c(c1)OCO2. The van der Waals surface area contributed by atoms with E-state index in [0.717, 1.165) is 51.1 Å². The number of rotatable bonds is 4. The Hall–Kier alpha value is -2.54. The fourth-order valence-corrected chi connectivity index (χ4v) is 4.89. The molecule has 0 spiro atoms. The zero-order valence-electron chi connectivity index (χ0n) is 16.5. The summed E-state index contributed by atoms with van der Waals surface area (Å²) in [5, 5.41) is 0. The molecule has 7 nitrogen and oxygen atoms in total. The molecule has 0 radical (unpaired) electrons. The van der Waals surface area contributed by atoms with Crippen LogP contribution in [0.2, 0.25) is 0 Å². The van der Waals surface area contributed by atoms with Crippen LogP contribution in [0.3, 0.4) is 0 Å². The third-order valence-corrected chi connectivity index (χ3v) is 6.37. The van der Waals surface area contributed by atoms with Gasteiger partial charge in [0.2, 0.25) is 18.6 Å². The lowest BCUT2D eigenvalue weighted by Crippen LogP contribution is -2.41. The molecule has 7 heteroatoms. The van der Waals surface area contributed by atoms with Crippen molar-refractivity contribution in [3.05, 3.63) is 35.5 Å². The number of allylic oxidation sites excluding steroid dienone is 2. The maximum absolute atomic E-state index is 13.3. The van der Waals surface area contributed by atoms with Crippen LogP contribution in [-0.4, -0.2) is 54.7 Å². The minimum atomic E-state index is -0.258. The summed E-state index contributed by atoms with van der Waals surface area (Å²) < 4.78 is 16.3. The highest BCUT2D eigenvalue weighted by Gasteiger charge is 2.45. The summed E-state index contributed by atoms with van der Waals surface area (Å²) in [5.74, 6) is 1.12. The maximum Gasteiger partial charge on any atom is 0.233 e. The molecule has 1 aromatic rings. The average molecular weight is 398 g/mol. The van der Waals surface area contributed by atoms with E-state index < -0.39 is 0 Å². The van der Waals surface area contributed by atoms with Gasteiger partial charge in [0.15, 0.2) is 11.5 Å². The van der Waals surface area contributed by atoms with Crippen molar-refractivity contribution >= 4 is 11.8 Å². The van der Waals surface area contributed by atoms with Crippen molar-refractivity contribution in [1.29, 1.82) is 0 Å². The Morgan fingerprint density at radius 1 is 1.03 bits per heavy atom. The molecule has 2 amide bonds. The van der Waals surface area contributed by atoms with E-state index in [1.165, 1.54) is 10.6 Å². The number of carbonyl (C=O) groups is 2. The van der Waals surface area contributed by atoms with Crippen molar-refractivity contribution in [3.63, 3.8) is 0 Å². The summed E-state index contributed by atoms with van der Waals surface area (Å²) in [6.07, 6.45) is 5.65. The first-order valence-corrected chi connectivity index (χ1v) is 10.5. The summed E-state index contributed by atoms with van der Waals surface area (Å²) in [6, 6.07) is 5.58. The molecule has 2 atom stereocenters. The Morgan fingerprint density at radius 2 is 1.86 bits per heavy atom. The molecule has 29 heavy (non-hydrogen) atoms. The minimum absolute atomic E-state index is 0.0428. The van der Waals surface area contributed by atoms with E-state index in [0.29, 0.717) is 17.9 Å². The molecule has 0 saturated carbocycles. The molecule has 3 aliphatic heterocycles. The van der Waals surface area contributed by atoms with Crippen molar-refractivity contribution in [1.82, 2.24) is 9.80 Å². The van der Waals surface area contributed by atoms with E-state index in [1.807, 2.05) is 18.2 Å². The summed E-state index contributed by atoms with van der Waals surface area (Å²) in [4.78, 5) is 29.8. The molecule has 154 valence electrons. The summed E-state index contributed by atoms with van der Waals surface area (Å²) in [6.45, 7) is 3.65. The van der Waals surface area contributed by atoms with Gasteiger partial charge in [0.25, 0.3) is 0 Å². The summed E-state index contributed by atoms with van der Waals surface area (Å²) in [7, 11) is 0. The predicted octanol–water partition coefficient (Wildman–Crippen LogP) is 2.31. The van der Waals surface area contributed by atoms with Gasteiger partial charge < -0.3 is 19.1 Å². The van der Waals surface area contributed by atoms with Gasteiger partial charge >= 0.3 is 0 Å². The molecule has 0 bridgehead atoms. The van der Waals surface area contributed by atoms with Crippen LogP contribution in [0.25, 0.3) is 0 Å². The predicted molar refractivity (Wildman–Crippen MR) is 104 cm³/mol. The number of fused-ring (bicyclic) bond motifs is 1. The minimum Gasteiger partial charge on any atom is -0.454 e. The molecule has 4 aliphatic rings. The number of benzene rings is 1. The first-order chi connectivity index (χ1) is 14.2. The molecular formula is C22H26N2O5. The van der Waals surface area contributed by atoms with Crippen molar-refractivity contribution in [2.45, 2.75) is 32.2 Å². The van der Waals surface area contributed by atoms with Crippen LogP contribution in [0.5, 0.6) is 11.5 Å². The van der Waals surface area contributed by atoms with Gasteiger partial charge in [-0.1, -0.05) is 12.1 Å². The lowest BCUT2D eigenvalue weighted by atomic mass is 9.80. The second-order valence-electron chi connectivity index (χ2n) is 8.08. The highest BCUT2D eigenvalue weighted by atomic mass is 16.7. The smallest absolute Gasteiger partial charge is 0.233 e. The highest BCUT2D eigenvalue weighted by molar-refractivity contribution is 6.03. The van der Waals surface area contributed by atoms with Crippen molar-refractivity contribution in [2.75, 3.05) is 33.1 Å². The van der Waals surface area contributed by atoms with Crippen molar-refractivity contribution in [3.8, 4) is 11.5 Å². The Kier molecular flexibility index (Phi) is 4.91. The quantitative estimate of drug-likeness (QED) is 0.725. The number of imide groups is 1. The van der Waals surface area contributed by atoms with Gasteiger partial charge in [0.1, 0.15) is 0 Å². The number of ether oxygens (including phenoxy) is 3. The number of carbonyl (C=O) groups excluding carboxylic acids is 2. The van der Waals surface area contributed by atoms with Gasteiger partial charge in [-0.05, 0) is 37.0 Å². The molecular weight excluding hydrogens is 372 g/mol. The Labute approximate surface area is 170 Å². The van der Waals surface area contributed by atoms with E-state index in [2.05, 4.69) is 11.0 Å². The van der Waals surface area contributed by atoms with Gasteiger partial charge in [-0.3, -0.25) is 14.5 Å². The van der Waals surface area contributed by atoms with E-state index in [-0.39, 0.29) is 37.0 Å². The standard InChI is InChI=1S/C22H26N2O5/c25-21-12-17(16-3-1-2-4-18(16)23-7-9-27-10-8-23)22(26)24(21)13-15-5-6-19-20(11-15)29-14-28-19/h4-6,11,16-17H,1-3,7-10,12-14H2/t16-,17+/m1/s1. The van der Waals surface area contributed by atoms with Crippen LogP contribution >= 0.6 is 0 Å². The van der Waals surface area contributed by atoms with Crippen molar-refractivity contribution < 1.29 is 23.8 Å². The molecule has 1 aromatic carbocycles. The Bertz CT molecular complexity index is 846. The molecule has 0 N–H and O–H groups in total. The van der Waals surface area contributed by atoms with Crippen LogP contribution in [-0.2, 0) is 20.9 Å². The lowest BCUT2D eigenvalue weighted by molar-refractivity contribution is -0.140. The van der Waals surface area contributed by atoms with E-state index in [4.69, 9.17) is 14.2 Å². The number of likely N-dealkylation sites (tertiary alicyclic amines) is 1. The van der Waals surface area contributed by atoms with Crippen molar-refractivity contribution in [2.24, 2.45) is 11.8 Å².